The Balaban J connectivity index is 3.25. The standard InChI is InChI=1S/C7H9N2/c1-5-3-4-9-7(8)6(5)2/h4H,1-2H3,(H2,8,9). The van der Waals surface area contributed by atoms with Crippen LogP contribution < -0.4 is 5.73 Å². The van der Waals surface area contributed by atoms with Gasteiger partial charge in [-0.25, -0.2) is 4.98 Å². The lowest BCUT2D eigenvalue weighted by Crippen LogP contribution is -1.94. The molecule has 2 nitrogen and oxygen atoms in total. The van der Waals surface area contributed by atoms with Gasteiger partial charge < -0.3 is 5.73 Å². The summed E-state index contributed by atoms with van der Waals surface area (Å²) in [4.78, 5) is 3.86. The average Bonchev–Trinajstić information content (AvgIpc) is 1.83. The number of nitrogens with zero attached hydrogens (tertiary/aromatic N) is 1. The number of hydrogen-bond donors (Lipinski definition) is 1. The number of rotatable bonds is 0. The average molecular weight is 121 g/mol. The highest BCUT2D eigenvalue weighted by Crippen LogP contribution is 2.09. The molecule has 47 valence electrons. The Morgan fingerprint density at radius 1 is 1.56 bits per heavy atom. The quantitative estimate of drug-likeness (QED) is 0.557. The van der Waals surface area contributed by atoms with Gasteiger partial charge in [0.05, 0.1) is 0 Å². The van der Waals surface area contributed by atoms with Crippen molar-refractivity contribution in [1.82, 2.24) is 4.98 Å². The van der Waals surface area contributed by atoms with Crippen molar-refractivity contribution in [1.29, 1.82) is 0 Å². The molecule has 1 aromatic rings. The minimum absolute atomic E-state index is 0.603. The molecule has 1 rings (SSSR count). The van der Waals surface area contributed by atoms with E-state index in [9.17, 15) is 0 Å². The summed E-state index contributed by atoms with van der Waals surface area (Å²) in [6.45, 7) is 3.90. The van der Waals surface area contributed by atoms with E-state index in [2.05, 4.69) is 11.1 Å². The molecule has 0 fully saturated rings. The number of aromatic nitrogens is 1. The Morgan fingerprint density at radius 3 is 2.67 bits per heavy atom. The Labute approximate surface area is 54.7 Å². The normalized spacial score (nSPS) is 9.56. The van der Waals surface area contributed by atoms with E-state index in [4.69, 9.17) is 5.73 Å². The van der Waals surface area contributed by atoms with Gasteiger partial charge in [0.2, 0.25) is 0 Å². The first-order valence-electron chi connectivity index (χ1n) is 2.81. The first-order valence-corrected chi connectivity index (χ1v) is 2.81. The summed E-state index contributed by atoms with van der Waals surface area (Å²) in [6, 6.07) is 2.95. The molecule has 0 aliphatic carbocycles. The predicted octanol–water partition coefficient (Wildman–Crippen LogP) is 1.08. The highest BCUT2D eigenvalue weighted by molar-refractivity contribution is 5.41. The number of nitrogens with two attached hydrogens (primary N) is 1. The van der Waals surface area contributed by atoms with Crippen LogP contribution in [-0.2, 0) is 0 Å². The van der Waals surface area contributed by atoms with Crippen LogP contribution in [0, 0.1) is 19.9 Å². The van der Waals surface area contributed by atoms with Gasteiger partial charge in [0.1, 0.15) is 5.82 Å². The van der Waals surface area contributed by atoms with Gasteiger partial charge in [-0.15, -0.1) is 0 Å². The van der Waals surface area contributed by atoms with Crippen LogP contribution in [0.25, 0.3) is 0 Å². The molecule has 0 amide bonds. The van der Waals surface area contributed by atoms with Crippen LogP contribution >= 0.6 is 0 Å². The fraction of sp³-hybridized carbons (Fsp3) is 0.286. The number of nitrogen functional groups attached to an aromatic ring is 1. The second-order valence-corrected chi connectivity index (χ2v) is 2.04. The van der Waals surface area contributed by atoms with Gasteiger partial charge in [-0.05, 0) is 25.0 Å². The molecule has 0 unspecified atom stereocenters. The molecule has 0 aliphatic rings. The van der Waals surface area contributed by atoms with E-state index in [-0.39, 0.29) is 0 Å². The number of pyridine rings is 1. The van der Waals surface area contributed by atoms with Crippen molar-refractivity contribution in [3.05, 3.63) is 23.4 Å². The largest absolute Gasteiger partial charge is 0.383 e. The fourth-order valence-corrected chi connectivity index (χ4v) is 0.596. The molecular weight excluding hydrogens is 112 g/mol. The van der Waals surface area contributed by atoms with E-state index < -0.39 is 0 Å². The minimum Gasteiger partial charge on any atom is -0.383 e. The third-order valence-electron chi connectivity index (χ3n) is 1.43. The van der Waals surface area contributed by atoms with Crippen molar-refractivity contribution in [3.63, 3.8) is 0 Å². The van der Waals surface area contributed by atoms with Crippen LogP contribution in [0.4, 0.5) is 5.82 Å². The summed E-state index contributed by atoms with van der Waals surface area (Å²) < 4.78 is 0. The summed E-state index contributed by atoms with van der Waals surface area (Å²) >= 11 is 0. The third-order valence-corrected chi connectivity index (χ3v) is 1.43. The lowest BCUT2D eigenvalue weighted by Gasteiger charge is -1.98. The maximum atomic E-state index is 5.49. The maximum Gasteiger partial charge on any atom is 0.126 e. The van der Waals surface area contributed by atoms with Crippen molar-refractivity contribution in [3.8, 4) is 0 Å². The molecule has 0 aromatic carbocycles. The Morgan fingerprint density at radius 2 is 2.22 bits per heavy atom. The van der Waals surface area contributed by atoms with E-state index >= 15 is 0 Å². The Kier molecular flexibility index (Phi) is 1.39. The molecular formula is C7H9N2. The van der Waals surface area contributed by atoms with Gasteiger partial charge in [0.25, 0.3) is 0 Å². The summed E-state index contributed by atoms with van der Waals surface area (Å²) in [6.07, 6.45) is 1.59. The minimum atomic E-state index is 0.603. The van der Waals surface area contributed by atoms with Crippen molar-refractivity contribution in [2.45, 2.75) is 13.8 Å². The molecule has 1 aromatic heterocycles. The molecule has 2 heteroatoms. The van der Waals surface area contributed by atoms with Gasteiger partial charge in [0, 0.05) is 12.3 Å². The van der Waals surface area contributed by atoms with E-state index in [1.54, 1.807) is 6.20 Å². The molecule has 1 heterocycles. The topological polar surface area (TPSA) is 38.9 Å². The zero-order valence-electron chi connectivity index (χ0n) is 5.60. The van der Waals surface area contributed by atoms with Crippen LogP contribution in [0.5, 0.6) is 0 Å². The molecule has 0 aliphatic heterocycles. The molecule has 0 spiro atoms. The van der Waals surface area contributed by atoms with Gasteiger partial charge in [-0.1, -0.05) is 0 Å². The van der Waals surface area contributed by atoms with Gasteiger partial charge in [0.15, 0.2) is 0 Å². The SMILES string of the molecule is Cc1[c]cnc(N)c1C. The Hall–Kier alpha value is -1.05. The fourth-order valence-electron chi connectivity index (χ4n) is 0.596. The van der Waals surface area contributed by atoms with Crippen LogP contribution in [-0.4, -0.2) is 4.98 Å². The van der Waals surface area contributed by atoms with Crippen molar-refractivity contribution < 1.29 is 0 Å². The van der Waals surface area contributed by atoms with Gasteiger partial charge in [-0.2, -0.15) is 0 Å². The second kappa shape index (κ2) is 2.05. The van der Waals surface area contributed by atoms with Gasteiger partial charge >= 0.3 is 0 Å². The van der Waals surface area contributed by atoms with Crippen LogP contribution in [0.15, 0.2) is 6.20 Å². The van der Waals surface area contributed by atoms with Crippen molar-refractivity contribution in [2.24, 2.45) is 0 Å². The summed E-state index contributed by atoms with van der Waals surface area (Å²) in [7, 11) is 0. The second-order valence-electron chi connectivity index (χ2n) is 2.04. The van der Waals surface area contributed by atoms with Crippen molar-refractivity contribution >= 4 is 5.82 Å². The summed E-state index contributed by atoms with van der Waals surface area (Å²) in [5, 5.41) is 0. The zero-order valence-corrected chi connectivity index (χ0v) is 5.60. The lowest BCUT2D eigenvalue weighted by molar-refractivity contribution is 1.22. The Bertz CT molecular complexity index is 198. The highest BCUT2D eigenvalue weighted by atomic mass is 14.8. The summed E-state index contributed by atoms with van der Waals surface area (Å²) in [5.41, 5.74) is 7.59. The number of aryl methyl sites for hydroxylation is 1. The monoisotopic (exact) mass is 121 g/mol. The van der Waals surface area contributed by atoms with Crippen LogP contribution in [0.3, 0.4) is 0 Å². The lowest BCUT2D eigenvalue weighted by atomic mass is 10.2. The van der Waals surface area contributed by atoms with Crippen LogP contribution in [0.2, 0.25) is 0 Å². The third kappa shape index (κ3) is 1.02. The molecule has 0 saturated carbocycles. The van der Waals surface area contributed by atoms with Crippen molar-refractivity contribution in [2.75, 3.05) is 5.73 Å². The van der Waals surface area contributed by atoms with E-state index in [1.807, 2.05) is 13.8 Å². The zero-order chi connectivity index (χ0) is 6.85. The van der Waals surface area contributed by atoms with E-state index in [0.29, 0.717) is 5.82 Å². The predicted molar refractivity (Wildman–Crippen MR) is 37.0 cm³/mol. The number of anilines is 1. The van der Waals surface area contributed by atoms with E-state index in [0.717, 1.165) is 11.1 Å². The molecule has 2 N–H and O–H groups in total. The molecule has 0 atom stereocenters. The van der Waals surface area contributed by atoms with E-state index in [1.165, 1.54) is 0 Å². The molecule has 9 heavy (non-hydrogen) atoms. The molecule has 0 saturated heterocycles. The molecule has 0 bridgehead atoms. The summed E-state index contributed by atoms with van der Waals surface area (Å²) in [5.74, 6) is 0.603. The smallest absolute Gasteiger partial charge is 0.126 e. The number of hydrogen-bond acceptors (Lipinski definition) is 2. The van der Waals surface area contributed by atoms with Crippen LogP contribution in [0.1, 0.15) is 11.1 Å². The van der Waals surface area contributed by atoms with Gasteiger partial charge in [-0.3, -0.25) is 0 Å². The first-order chi connectivity index (χ1) is 4.22. The maximum absolute atomic E-state index is 5.49. The molecule has 1 radical (unpaired) electrons. The highest BCUT2D eigenvalue weighted by Gasteiger charge is 1.94. The first kappa shape index (κ1) is 6.08.